The van der Waals surface area contributed by atoms with E-state index in [1.807, 2.05) is 12.1 Å². The second kappa shape index (κ2) is 6.02. The Labute approximate surface area is 125 Å². The van der Waals surface area contributed by atoms with Crippen LogP contribution in [0.25, 0.3) is 10.9 Å². The molecule has 0 aliphatic carbocycles. The first kappa shape index (κ1) is 13.7. The van der Waals surface area contributed by atoms with E-state index in [0.717, 1.165) is 18.7 Å². The number of nitrogens with zero attached hydrogens (tertiary/aromatic N) is 1. The van der Waals surface area contributed by atoms with Crippen LogP contribution < -0.4 is 10.5 Å². The molecular weight excluding hydrogens is 260 g/mol. The van der Waals surface area contributed by atoms with Crippen molar-refractivity contribution < 1.29 is 4.74 Å². The summed E-state index contributed by atoms with van der Waals surface area (Å²) in [5, 5.41) is 1.27. The van der Waals surface area contributed by atoms with Gasteiger partial charge in [-0.25, -0.2) is 0 Å². The molecule has 1 heterocycles. The fourth-order valence-electron chi connectivity index (χ4n) is 2.59. The average molecular weight is 280 g/mol. The summed E-state index contributed by atoms with van der Waals surface area (Å²) < 4.78 is 7.48. The maximum absolute atomic E-state index is 5.73. The maximum atomic E-state index is 5.73. The zero-order chi connectivity index (χ0) is 14.7. The second-order valence-corrected chi connectivity index (χ2v) is 5.20. The lowest BCUT2D eigenvalue weighted by Gasteiger charge is -2.07. The number of nitrogens with two attached hydrogens (primary N) is 1. The molecule has 0 atom stereocenters. The molecule has 0 amide bonds. The summed E-state index contributed by atoms with van der Waals surface area (Å²) in [7, 11) is 1.69. The van der Waals surface area contributed by atoms with Gasteiger partial charge in [-0.05, 0) is 47.2 Å². The predicted octanol–water partition coefficient (Wildman–Crippen LogP) is 3.35. The van der Waals surface area contributed by atoms with Crippen molar-refractivity contribution in [3.05, 3.63) is 65.9 Å². The fourth-order valence-corrected chi connectivity index (χ4v) is 2.59. The molecule has 0 aliphatic rings. The van der Waals surface area contributed by atoms with Crippen LogP contribution in [0.2, 0.25) is 0 Å². The molecule has 0 saturated carbocycles. The Morgan fingerprint density at radius 3 is 2.48 bits per heavy atom. The van der Waals surface area contributed by atoms with Crippen molar-refractivity contribution in [1.82, 2.24) is 4.57 Å². The van der Waals surface area contributed by atoms with Gasteiger partial charge in [0.1, 0.15) is 5.75 Å². The average Bonchev–Trinajstić information content (AvgIpc) is 2.95. The normalized spacial score (nSPS) is 11.0. The van der Waals surface area contributed by atoms with Crippen molar-refractivity contribution in [3.8, 4) is 5.75 Å². The summed E-state index contributed by atoms with van der Waals surface area (Å²) in [4.78, 5) is 0. The molecule has 0 aliphatic heterocycles. The number of aryl methyl sites for hydroxylation is 2. The highest BCUT2D eigenvalue weighted by atomic mass is 16.5. The van der Waals surface area contributed by atoms with E-state index in [9.17, 15) is 0 Å². The van der Waals surface area contributed by atoms with Crippen LogP contribution in [0, 0.1) is 0 Å². The van der Waals surface area contributed by atoms with Crippen LogP contribution in [0.3, 0.4) is 0 Å². The van der Waals surface area contributed by atoms with E-state index in [0.29, 0.717) is 6.54 Å². The van der Waals surface area contributed by atoms with Crippen LogP contribution in [-0.2, 0) is 19.5 Å². The highest BCUT2D eigenvalue weighted by molar-refractivity contribution is 5.80. The zero-order valence-corrected chi connectivity index (χ0v) is 12.3. The van der Waals surface area contributed by atoms with E-state index in [1.54, 1.807) is 7.11 Å². The molecule has 21 heavy (non-hydrogen) atoms. The van der Waals surface area contributed by atoms with Gasteiger partial charge < -0.3 is 15.0 Å². The molecular formula is C18H20N2O. The summed E-state index contributed by atoms with van der Waals surface area (Å²) in [5.41, 5.74) is 9.47. The van der Waals surface area contributed by atoms with Gasteiger partial charge in [-0.1, -0.05) is 24.3 Å². The minimum Gasteiger partial charge on any atom is -0.497 e. The Balaban J connectivity index is 1.77. The van der Waals surface area contributed by atoms with Crippen molar-refractivity contribution in [2.75, 3.05) is 7.11 Å². The molecule has 3 nitrogen and oxygen atoms in total. The third kappa shape index (κ3) is 2.93. The van der Waals surface area contributed by atoms with E-state index in [4.69, 9.17) is 10.5 Å². The van der Waals surface area contributed by atoms with Gasteiger partial charge in [0, 0.05) is 24.8 Å². The number of methoxy groups -OCH3 is 1. The van der Waals surface area contributed by atoms with Crippen LogP contribution in [0.15, 0.2) is 54.7 Å². The minimum atomic E-state index is 0.583. The van der Waals surface area contributed by atoms with Crippen LogP contribution in [0.1, 0.15) is 11.1 Å². The molecule has 0 unspecified atom stereocenters. The van der Waals surface area contributed by atoms with Gasteiger partial charge in [-0.15, -0.1) is 0 Å². The van der Waals surface area contributed by atoms with Gasteiger partial charge in [-0.3, -0.25) is 0 Å². The summed E-state index contributed by atoms with van der Waals surface area (Å²) in [6, 6.07) is 16.8. The molecule has 108 valence electrons. The van der Waals surface area contributed by atoms with Gasteiger partial charge in [-0.2, -0.15) is 0 Å². The van der Waals surface area contributed by atoms with Gasteiger partial charge >= 0.3 is 0 Å². The standard InChI is InChI=1S/C18H20N2O/c1-21-17-6-3-14(4-7-17)8-10-20-11-9-16-5-2-15(13-19)12-18(16)20/h2-7,9,11-12H,8,10,13,19H2,1H3. The highest BCUT2D eigenvalue weighted by Crippen LogP contribution is 2.19. The summed E-state index contributed by atoms with van der Waals surface area (Å²) in [6.07, 6.45) is 3.15. The van der Waals surface area contributed by atoms with Gasteiger partial charge in [0.25, 0.3) is 0 Å². The van der Waals surface area contributed by atoms with Crippen molar-refractivity contribution in [2.45, 2.75) is 19.5 Å². The fraction of sp³-hybridized carbons (Fsp3) is 0.222. The number of fused-ring (bicyclic) bond motifs is 1. The summed E-state index contributed by atoms with van der Waals surface area (Å²) >= 11 is 0. The molecule has 2 N–H and O–H groups in total. The van der Waals surface area contributed by atoms with E-state index < -0.39 is 0 Å². The molecule has 0 radical (unpaired) electrons. The smallest absolute Gasteiger partial charge is 0.118 e. The van der Waals surface area contributed by atoms with Crippen molar-refractivity contribution >= 4 is 10.9 Å². The van der Waals surface area contributed by atoms with Crippen LogP contribution in [0.5, 0.6) is 5.75 Å². The monoisotopic (exact) mass is 280 g/mol. The van der Waals surface area contributed by atoms with E-state index in [2.05, 4.69) is 47.2 Å². The molecule has 0 bridgehead atoms. The Kier molecular flexibility index (Phi) is 3.93. The van der Waals surface area contributed by atoms with Crippen molar-refractivity contribution in [1.29, 1.82) is 0 Å². The van der Waals surface area contributed by atoms with Crippen molar-refractivity contribution in [3.63, 3.8) is 0 Å². The molecule has 2 aromatic carbocycles. The van der Waals surface area contributed by atoms with Crippen LogP contribution in [-0.4, -0.2) is 11.7 Å². The Hall–Kier alpha value is -2.26. The lowest BCUT2D eigenvalue weighted by molar-refractivity contribution is 0.414. The highest BCUT2D eigenvalue weighted by Gasteiger charge is 2.03. The molecule has 0 spiro atoms. The quantitative estimate of drug-likeness (QED) is 0.778. The van der Waals surface area contributed by atoms with Gasteiger partial charge in [0.05, 0.1) is 7.11 Å². The van der Waals surface area contributed by atoms with Gasteiger partial charge in [0.15, 0.2) is 0 Å². The lowest BCUT2D eigenvalue weighted by atomic mass is 10.1. The number of rotatable bonds is 5. The molecule has 1 aromatic heterocycles. The topological polar surface area (TPSA) is 40.2 Å². The number of benzene rings is 2. The van der Waals surface area contributed by atoms with E-state index in [-0.39, 0.29) is 0 Å². The minimum absolute atomic E-state index is 0.583. The first-order valence-corrected chi connectivity index (χ1v) is 7.21. The number of hydrogen-bond acceptors (Lipinski definition) is 2. The van der Waals surface area contributed by atoms with Crippen LogP contribution >= 0.6 is 0 Å². The SMILES string of the molecule is COc1ccc(CCn2ccc3ccc(CN)cc32)cc1. The zero-order valence-electron chi connectivity index (χ0n) is 12.3. The molecule has 3 aromatic rings. The van der Waals surface area contributed by atoms with Gasteiger partial charge in [0.2, 0.25) is 0 Å². The predicted molar refractivity (Wildman–Crippen MR) is 86.5 cm³/mol. The molecule has 3 heteroatoms. The first-order valence-electron chi connectivity index (χ1n) is 7.21. The third-order valence-electron chi connectivity index (χ3n) is 3.87. The second-order valence-electron chi connectivity index (χ2n) is 5.20. The molecule has 3 rings (SSSR count). The Morgan fingerprint density at radius 2 is 1.76 bits per heavy atom. The molecule has 0 saturated heterocycles. The summed E-state index contributed by atoms with van der Waals surface area (Å²) in [5.74, 6) is 0.901. The largest absolute Gasteiger partial charge is 0.497 e. The van der Waals surface area contributed by atoms with Crippen molar-refractivity contribution in [2.24, 2.45) is 5.73 Å². The van der Waals surface area contributed by atoms with E-state index in [1.165, 1.54) is 22.0 Å². The number of ether oxygens (including phenoxy) is 1. The first-order chi connectivity index (χ1) is 10.3. The molecule has 0 fully saturated rings. The Bertz CT molecular complexity index is 729. The number of aromatic nitrogens is 1. The van der Waals surface area contributed by atoms with Crippen LogP contribution in [0.4, 0.5) is 0 Å². The lowest BCUT2D eigenvalue weighted by Crippen LogP contribution is -2.01. The maximum Gasteiger partial charge on any atom is 0.118 e. The van der Waals surface area contributed by atoms with E-state index >= 15 is 0 Å². The summed E-state index contributed by atoms with van der Waals surface area (Å²) in [6.45, 7) is 1.55. The third-order valence-corrected chi connectivity index (χ3v) is 3.87. The number of hydrogen-bond donors (Lipinski definition) is 1. The Morgan fingerprint density at radius 1 is 1.00 bits per heavy atom.